The number of nitrogens with one attached hydrogen (secondary N) is 1. The lowest BCUT2D eigenvalue weighted by atomic mass is 9.91. The molecule has 0 amide bonds. The molecule has 2 aliphatic carbocycles. The molecule has 182 valence electrons. The SMILES string of the molecule is CCCC(c1nnnn1C1CCCC1)N(Cc1cc2ccc(C)cc2[nH]c1=O)C1CCCCC1. The van der Waals surface area contributed by atoms with Crippen LogP contribution in [0.15, 0.2) is 29.1 Å². The van der Waals surface area contributed by atoms with Gasteiger partial charge in [0.05, 0.1) is 12.1 Å². The van der Waals surface area contributed by atoms with Crippen molar-refractivity contribution in [2.45, 2.75) is 109 Å². The molecular formula is C27H38N6O. The van der Waals surface area contributed by atoms with E-state index in [0.29, 0.717) is 18.6 Å². The van der Waals surface area contributed by atoms with E-state index in [4.69, 9.17) is 0 Å². The molecule has 0 saturated heterocycles. The quantitative estimate of drug-likeness (QED) is 0.470. The summed E-state index contributed by atoms with van der Waals surface area (Å²) in [5, 5.41) is 14.3. The first kappa shape index (κ1) is 23.2. The van der Waals surface area contributed by atoms with Gasteiger partial charge in [0, 0.05) is 23.7 Å². The van der Waals surface area contributed by atoms with Crippen LogP contribution in [0.2, 0.25) is 0 Å². The Balaban J connectivity index is 1.53. The lowest BCUT2D eigenvalue weighted by Gasteiger charge is -2.39. The fourth-order valence-corrected chi connectivity index (χ4v) is 6.13. The van der Waals surface area contributed by atoms with Crippen LogP contribution >= 0.6 is 0 Å². The number of H-pyrrole nitrogens is 1. The average Bonchev–Trinajstić information content (AvgIpc) is 3.54. The third-order valence-electron chi connectivity index (χ3n) is 7.92. The molecule has 2 heterocycles. The van der Waals surface area contributed by atoms with Gasteiger partial charge in [-0.2, -0.15) is 0 Å². The maximum Gasteiger partial charge on any atom is 0.252 e. The summed E-state index contributed by atoms with van der Waals surface area (Å²) in [6.07, 6.45) is 13.0. The van der Waals surface area contributed by atoms with Crippen LogP contribution in [0.5, 0.6) is 0 Å². The molecule has 0 spiro atoms. The van der Waals surface area contributed by atoms with Crippen LogP contribution in [0.25, 0.3) is 10.9 Å². The Morgan fingerprint density at radius 3 is 2.62 bits per heavy atom. The van der Waals surface area contributed by atoms with Crippen molar-refractivity contribution < 1.29 is 0 Å². The first-order valence-electron chi connectivity index (χ1n) is 13.3. The van der Waals surface area contributed by atoms with Crippen molar-refractivity contribution in [3.8, 4) is 0 Å². The molecule has 2 aromatic heterocycles. The minimum Gasteiger partial charge on any atom is -0.322 e. The van der Waals surface area contributed by atoms with Crippen LogP contribution in [-0.2, 0) is 6.54 Å². The van der Waals surface area contributed by atoms with E-state index in [9.17, 15) is 4.79 Å². The number of benzene rings is 1. The lowest BCUT2D eigenvalue weighted by molar-refractivity contribution is 0.0798. The lowest BCUT2D eigenvalue weighted by Crippen LogP contribution is -2.41. The summed E-state index contributed by atoms with van der Waals surface area (Å²) in [6, 6.07) is 9.34. The van der Waals surface area contributed by atoms with Crippen LogP contribution in [0, 0.1) is 6.92 Å². The molecule has 3 aromatic rings. The fraction of sp³-hybridized carbons (Fsp3) is 0.630. The number of rotatable bonds is 8. The number of hydrogen-bond acceptors (Lipinski definition) is 5. The molecule has 1 unspecified atom stereocenters. The molecular weight excluding hydrogens is 424 g/mol. The first-order valence-corrected chi connectivity index (χ1v) is 13.3. The van der Waals surface area contributed by atoms with Crippen molar-refractivity contribution in [2.75, 3.05) is 0 Å². The summed E-state index contributed by atoms with van der Waals surface area (Å²) < 4.78 is 2.12. The smallest absolute Gasteiger partial charge is 0.252 e. The summed E-state index contributed by atoms with van der Waals surface area (Å²) >= 11 is 0. The highest BCUT2D eigenvalue weighted by Crippen LogP contribution is 2.36. The Bertz CT molecular complexity index is 1160. The number of nitrogens with zero attached hydrogens (tertiary/aromatic N) is 5. The van der Waals surface area contributed by atoms with Crippen LogP contribution in [0.3, 0.4) is 0 Å². The number of aromatic nitrogens is 5. The standard InChI is InChI=1S/C27H38N6O/c1-3-9-25(26-29-30-31-33(26)23-12-7-8-13-23)32(22-10-5-4-6-11-22)18-21-17-20-15-14-19(2)16-24(20)28-27(21)34/h14-17,22-23,25H,3-13,18H2,1-2H3,(H,28,34). The first-order chi connectivity index (χ1) is 16.6. The normalized spacial score (nSPS) is 18.8. The fourth-order valence-electron chi connectivity index (χ4n) is 6.13. The van der Waals surface area contributed by atoms with Crippen molar-refractivity contribution in [2.24, 2.45) is 0 Å². The number of aryl methyl sites for hydroxylation is 1. The third kappa shape index (κ3) is 4.81. The van der Waals surface area contributed by atoms with Gasteiger partial charge in [-0.05, 0) is 72.5 Å². The Labute approximate surface area is 201 Å². The van der Waals surface area contributed by atoms with E-state index in [1.54, 1.807) is 0 Å². The summed E-state index contributed by atoms with van der Waals surface area (Å²) in [4.78, 5) is 18.9. The van der Waals surface area contributed by atoms with Crippen molar-refractivity contribution in [3.05, 3.63) is 51.6 Å². The molecule has 34 heavy (non-hydrogen) atoms. The van der Waals surface area contributed by atoms with Crippen molar-refractivity contribution in [3.63, 3.8) is 0 Å². The number of aromatic amines is 1. The highest BCUT2D eigenvalue weighted by Gasteiger charge is 2.34. The second-order valence-electron chi connectivity index (χ2n) is 10.4. The van der Waals surface area contributed by atoms with Crippen molar-refractivity contribution in [1.82, 2.24) is 30.1 Å². The van der Waals surface area contributed by atoms with Gasteiger partial charge >= 0.3 is 0 Å². The molecule has 2 fully saturated rings. The van der Waals surface area contributed by atoms with Crippen LogP contribution in [0.1, 0.15) is 107 Å². The molecule has 0 aliphatic heterocycles. The van der Waals surface area contributed by atoms with Gasteiger partial charge in [0.25, 0.3) is 5.56 Å². The van der Waals surface area contributed by atoms with Gasteiger partial charge in [-0.3, -0.25) is 9.69 Å². The van der Waals surface area contributed by atoms with E-state index in [0.717, 1.165) is 53.5 Å². The highest BCUT2D eigenvalue weighted by molar-refractivity contribution is 5.79. The average molecular weight is 463 g/mol. The second kappa shape index (κ2) is 10.4. The Hall–Kier alpha value is -2.54. The molecule has 2 aliphatic rings. The van der Waals surface area contributed by atoms with E-state index in [2.05, 4.69) is 68.2 Å². The van der Waals surface area contributed by atoms with Gasteiger partial charge in [-0.25, -0.2) is 4.68 Å². The molecule has 2 saturated carbocycles. The van der Waals surface area contributed by atoms with E-state index in [-0.39, 0.29) is 11.6 Å². The van der Waals surface area contributed by atoms with Crippen molar-refractivity contribution >= 4 is 10.9 Å². The maximum absolute atomic E-state index is 13.2. The number of hydrogen-bond donors (Lipinski definition) is 1. The highest BCUT2D eigenvalue weighted by atomic mass is 16.1. The van der Waals surface area contributed by atoms with Gasteiger partial charge in [0.1, 0.15) is 0 Å². The molecule has 7 nitrogen and oxygen atoms in total. The van der Waals surface area contributed by atoms with E-state index >= 15 is 0 Å². The Morgan fingerprint density at radius 2 is 1.85 bits per heavy atom. The largest absolute Gasteiger partial charge is 0.322 e. The van der Waals surface area contributed by atoms with E-state index < -0.39 is 0 Å². The third-order valence-corrected chi connectivity index (χ3v) is 7.92. The molecule has 1 aromatic carbocycles. The van der Waals surface area contributed by atoms with E-state index in [1.807, 2.05) is 0 Å². The molecule has 5 rings (SSSR count). The molecule has 1 N–H and O–H groups in total. The van der Waals surface area contributed by atoms with Gasteiger partial charge in [0.15, 0.2) is 5.82 Å². The summed E-state index contributed by atoms with van der Waals surface area (Å²) in [5.41, 5.74) is 2.92. The van der Waals surface area contributed by atoms with Crippen molar-refractivity contribution in [1.29, 1.82) is 0 Å². The van der Waals surface area contributed by atoms with Gasteiger partial charge in [-0.15, -0.1) is 5.10 Å². The topological polar surface area (TPSA) is 79.7 Å². The summed E-state index contributed by atoms with van der Waals surface area (Å²) in [6.45, 7) is 4.92. The van der Waals surface area contributed by atoms with Crippen LogP contribution < -0.4 is 5.56 Å². The number of pyridine rings is 1. The Morgan fingerprint density at radius 1 is 1.09 bits per heavy atom. The second-order valence-corrected chi connectivity index (χ2v) is 10.4. The number of tetrazole rings is 1. The zero-order chi connectivity index (χ0) is 23.5. The van der Waals surface area contributed by atoms with Crippen LogP contribution in [-0.4, -0.2) is 36.1 Å². The van der Waals surface area contributed by atoms with Gasteiger partial charge < -0.3 is 4.98 Å². The minimum atomic E-state index is 0.0181. The predicted octanol–water partition coefficient (Wildman–Crippen LogP) is 5.61. The van der Waals surface area contributed by atoms with Gasteiger partial charge in [-0.1, -0.05) is 57.6 Å². The zero-order valence-corrected chi connectivity index (χ0v) is 20.7. The minimum absolute atomic E-state index is 0.0181. The summed E-state index contributed by atoms with van der Waals surface area (Å²) in [5.74, 6) is 0.993. The number of fused-ring (bicyclic) bond motifs is 1. The van der Waals surface area contributed by atoms with Crippen LogP contribution in [0.4, 0.5) is 0 Å². The molecule has 1 atom stereocenters. The van der Waals surface area contributed by atoms with Gasteiger partial charge in [0.2, 0.25) is 0 Å². The summed E-state index contributed by atoms with van der Waals surface area (Å²) in [7, 11) is 0. The predicted molar refractivity (Wildman–Crippen MR) is 135 cm³/mol. The molecule has 0 radical (unpaired) electrons. The molecule has 0 bridgehead atoms. The monoisotopic (exact) mass is 462 g/mol. The zero-order valence-electron chi connectivity index (χ0n) is 20.7. The molecule has 7 heteroatoms. The maximum atomic E-state index is 13.2. The van der Waals surface area contributed by atoms with E-state index in [1.165, 1.54) is 44.9 Å². The Kier molecular flexibility index (Phi) is 7.09.